The van der Waals surface area contributed by atoms with Crippen LogP contribution >= 0.6 is 0 Å². The van der Waals surface area contributed by atoms with Crippen molar-refractivity contribution in [3.63, 3.8) is 0 Å². The summed E-state index contributed by atoms with van der Waals surface area (Å²) in [6, 6.07) is -0.637. The molecule has 0 rings (SSSR count). The third-order valence-corrected chi connectivity index (χ3v) is 9.15. The monoisotopic (exact) mass is 696 g/mol. The van der Waals surface area contributed by atoms with E-state index in [0.717, 1.165) is 64.2 Å². The van der Waals surface area contributed by atoms with Crippen molar-refractivity contribution in [2.75, 3.05) is 6.61 Å². The zero-order valence-corrected chi connectivity index (χ0v) is 32.9. The van der Waals surface area contributed by atoms with Gasteiger partial charge in [0.05, 0.1) is 18.8 Å². The van der Waals surface area contributed by atoms with E-state index < -0.39 is 12.1 Å². The lowest BCUT2D eigenvalue weighted by Gasteiger charge is -2.19. The molecule has 0 aromatic rings. The van der Waals surface area contributed by atoms with Crippen molar-refractivity contribution >= 4 is 5.91 Å². The minimum Gasteiger partial charge on any atom is -0.394 e. The SMILES string of the molecule is CC/C=C\C/C=C\C/C=C\C/C=C\CCCCCCCCCCCCCCCCCCCCC(=O)NC(CO)C(O)/C=C/CC/C=C/CCC. The minimum absolute atomic E-state index is 0.0804. The molecule has 2 atom stereocenters. The molecule has 0 spiro atoms. The van der Waals surface area contributed by atoms with E-state index in [9.17, 15) is 15.0 Å². The quantitative estimate of drug-likeness (QED) is 0.0447. The van der Waals surface area contributed by atoms with Gasteiger partial charge in [-0.25, -0.2) is 0 Å². The molecule has 4 nitrogen and oxygen atoms in total. The van der Waals surface area contributed by atoms with Gasteiger partial charge < -0.3 is 15.5 Å². The first-order chi connectivity index (χ1) is 24.7. The van der Waals surface area contributed by atoms with Gasteiger partial charge in [0.1, 0.15) is 0 Å². The van der Waals surface area contributed by atoms with Crippen molar-refractivity contribution in [2.24, 2.45) is 0 Å². The first-order valence-electron chi connectivity index (χ1n) is 21.2. The maximum absolute atomic E-state index is 12.3. The van der Waals surface area contributed by atoms with Gasteiger partial charge in [-0.3, -0.25) is 4.79 Å². The minimum atomic E-state index is -0.859. The van der Waals surface area contributed by atoms with Crippen molar-refractivity contribution < 1.29 is 15.0 Å². The maximum Gasteiger partial charge on any atom is 0.220 e. The second-order valence-electron chi connectivity index (χ2n) is 14.0. The van der Waals surface area contributed by atoms with Crippen LogP contribution in [0.5, 0.6) is 0 Å². The molecule has 288 valence electrons. The maximum atomic E-state index is 12.3. The fourth-order valence-corrected chi connectivity index (χ4v) is 5.96. The molecule has 3 N–H and O–H groups in total. The van der Waals surface area contributed by atoms with E-state index in [4.69, 9.17) is 0 Å². The first kappa shape index (κ1) is 47.8. The lowest BCUT2D eigenvalue weighted by atomic mass is 10.0. The Balaban J connectivity index is 3.44. The molecule has 0 bridgehead atoms. The Kier molecular flexibility index (Phi) is 39.5. The van der Waals surface area contributed by atoms with Gasteiger partial charge in [-0.15, -0.1) is 0 Å². The first-order valence-corrected chi connectivity index (χ1v) is 21.2. The lowest BCUT2D eigenvalue weighted by Crippen LogP contribution is -2.45. The van der Waals surface area contributed by atoms with Crippen molar-refractivity contribution in [3.05, 3.63) is 72.9 Å². The van der Waals surface area contributed by atoms with Crippen LogP contribution in [0.2, 0.25) is 0 Å². The zero-order chi connectivity index (χ0) is 36.4. The van der Waals surface area contributed by atoms with Gasteiger partial charge in [0.2, 0.25) is 5.91 Å². The summed E-state index contributed by atoms with van der Waals surface area (Å²) in [5, 5.41) is 22.7. The topological polar surface area (TPSA) is 69.6 Å². The third-order valence-electron chi connectivity index (χ3n) is 9.15. The fourth-order valence-electron chi connectivity index (χ4n) is 5.96. The van der Waals surface area contributed by atoms with Crippen LogP contribution in [0, 0.1) is 0 Å². The van der Waals surface area contributed by atoms with Gasteiger partial charge in [0.15, 0.2) is 0 Å². The van der Waals surface area contributed by atoms with E-state index in [2.05, 4.69) is 79.9 Å². The number of aliphatic hydroxyl groups excluding tert-OH is 2. The number of carbonyl (C=O) groups is 1. The fraction of sp³-hybridized carbons (Fsp3) is 0.717. The van der Waals surface area contributed by atoms with Crippen LogP contribution in [0.15, 0.2) is 72.9 Å². The van der Waals surface area contributed by atoms with E-state index in [1.54, 1.807) is 6.08 Å². The molecule has 0 saturated carbocycles. The predicted octanol–water partition coefficient (Wildman–Crippen LogP) is 13.1. The van der Waals surface area contributed by atoms with Crippen LogP contribution in [0.1, 0.15) is 194 Å². The van der Waals surface area contributed by atoms with E-state index >= 15 is 0 Å². The number of nitrogens with one attached hydrogen (secondary N) is 1. The molecule has 1 amide bonds. The number of amides is 1. The Hall–Kier alpha value is -2.17. The molecule has 0 radical (unpaired) electrons. The number of carbonyl (C=O) groups excluding carboxylic acids is 1. The number of allylic oxidation sites excluding steroid dienone is 11. The van der Waals surface area contributed by atoms with Crippen LogP contribution in [0.4, 0.5) is 0 Å². The van der Waals surface area contributed by atoms with Gasteiger partial charge in [0.25, 0.3) is 0 Å². The highest BCUT2D eigenvalue weighted by Gasteiger charge is 2.17. The number of unbranched alkanes of at least 4 members (excludes halogenated alkanes) is 20. The molecular weight excluding hydrogens is 615 g/mol. The summed E-state index contributed by atoms with van der Waals surface area (Å²) in [4.78, 5) is 12.3. The summed E-state index contributed by atoms with van der Waals surface area (Å²) in [7, 11) is 0. The van der Waals surface area contributed by atoms with E-state index in [1.807, 2.05) is 6.08 Å². The van der Waals surface area contributed by atoms with Gasteiger partial charge in [-0.1, -0.05) is 196 Å². The van der Waals surface area contributed by atoms with Crippen molar-refractivity contribution in [1.29, 1.82) is 0 Å². The highest BCUT2D eigenvalue weighted by atomic mass is 16.3. The average Bonchev–Trinajstić information content (AvgIpc) is 3.12. The highest BCUT2D eigenvalue weighted by molar-refractivity contribution is 5.76. The molecule has 0 aromatic carbocycles. The second-order valence-corrected chi connectivity index (χ2v) is 14.0. The third kappa shape index (κ3) is 37.1. The van der Waals surface area contributed by atoms with Crippen LogP contribution < -0.4 is 5.32 Å². The molecule has 0 heterocycles. The number of rotatable bonds is 37. The van der Waals surface area contributed by atoms with Crippen LogP contribution in [0.25, 0.3) is 0 Å². The molecule has 4 heteroatoms. The number of hydrogen-bond donors (Lipinski definition) is 3. The van der Waals surface area contributed by atoms with Crippen molar-refractivity contribution in [2.45, 2.75) is 206 Å². The molecule has 0 aliphatic heterocycles. The van der Waals surface area contributed by atoms with Crippen molar-refractivity contribution in [1.82, 2.24) is 5.32 Å². The normalized spacial score (nSPS) is 13.8. The second kappa shape index (κ2) is 41.3. The van der Waals surface area contributed by atoms with E-state index in [0.29, 0.717) is 6.42 Å². The Labute approximate surface area is 310 Å². The van der Waals surface area contributed by atoms with Gasteiger partial charge in [-0.2, -0.15) is 0 Å². The molecule has 0 aliphatic carbocycles. The molecule has 50 heavy (non-hydrogen) atoms. The van der Waals surface area contributed by atoms with Crippen LogP contribution in [-0.2, 0) is 4.79 Å². The van der Waals surface area contributed by atoms with Crippen LogP contribution in [0.3, 0.4) is 0 Å². The number of hydrogen-bond acceptors (Lipinski definition) is 3. The van der Waals surface area contributed by atoms with Gasteiger partial charge >= 0.3 is 0 Å². The van der Waals surface area contributed by atoms with Gasteiger partial charge in [0, 0.05) is 6.42 Å². The number of aliphatic hydroxyl groups is 2. The molecular formula is C46H81NO3. The molecule has 2 unspecified atom stereocenters. The summed E-state index contributed by atoms with van der Waals surface area (Å²) in [6.07, 6.45) is 59.0. The molecule has 0 aromatic heterocycles. The average molecular weight is 696 g/mol. The molecule has 0 aliphatic rings. The van der Waals surface area contributed by atoms with Crippen molar-refractivity contribution in [3.8, 4) is 0 Å². The molecule has 0 saturated heterocycles. The predicted molar refractivity (Wildman–Crippen MR) is 220 cm³/mol. The highest BCUT2D eigenvalue weighted by Crippen LogP contribution is 2.15. The standard InChI is InChI=1S/C46H81NO3/c1-3-5-7-9-11-12-13-14-15-16-17-18-19-20-21-22-23-24-25-26-27-28-29-30-31-32-33-34-36-38-40-42-46(50)47-44(43-48)45(49)41-39-37-35-10-8-6-4-2/h5,7-8,10-12,14-15,17-18,39,41,44-45,48-49H,3-4,6,9,13,16,19-38,40,42-43H2,1-2H3,(H,47,50)/b7-5-,10-8+,12-11-,15-14-,18-17-,41-39+. The van der Waals surface area contributed by atoms with Gasteiger partial charge in [-0.05, 0) is 64.2 Å². The van der Waals surface area contributed by atoms with E-state index in [1.165, 1.54) is 109 Å². The summed E-state index contributed by atoms with van der Waals surface area (Å²) >= 11 is 0. The summed E-state index contributed by atoms with van der Waals surface area (Å²) in [5.74, 6) is -0.0804. The summed E-state index contributed by atoms with van der Waals surface area (Å²) < 4.78 is 0. The van der Waals surface area contributed by atoms with Crippen LogP contribution in [-0.4, -0.2) is 34.9 Å². The summed E-state index contributed by atoms with van der Waals surface area (Å²) in [5.41, 5.74) is 0. The summed E-state index contributed by atoms with van der Waals surface area (Å²) in [6.45, 7) is 4.07. The largest absolute Gasteiger partial charge is 0.394 e. The Morgan fingerprint density at radius 2 is 0.900 bits per heavy atom. The molecule has 0 fully saturated rings. The zero-order valence-electron chi connectivity index (χ0n) is 32.9. The lowest BCUT2D eigenvalue weighted by molar-refractivity contribution is -0.123. The van der Waals surface area contributed by atoms with E-state index in [-0.39, 0.29) is 12.5 Å². The smallest absolute Gasteiger partial charge is 0.220 e. The Morgan fingerprint density at radius 1 is 0.500 bits per heavy atom. The Bertz CT molecular complexity index is 884. The Morgan fingerprint density at radius 3 is 1.38 bits per heavy atom.